The lowest BCUT2D eigenvalue weighted by Crippen LogP contribution is -2.08. The quantitative estimate of drug-likeness (QED) is 0.135. The van der Waals surface area contributed by atoms with Crippen LogP contribution in [0.4, 0.5) is 0 Å². The minimum absolute atomic E-state index is 0.0304. The number of carbonyl (C=O) groups excluding carboxylic acids is 2. The van der Waals surface area contributed by atoms with E-state index in [4.69, 9.17) is 9.47 Å². The van der Waals surface area contributed by atoms with E-state index in [0.717, 1.165) is 44.9 Å². The molecule has 1 unspecified atom stereocenters. The molecule has 4 nitrogen and oxygen atoms in total. The zero-order valence-electron chi connectivity index (χ0n) is 21.4. The molecule has 0 bridgehead atoms. The Balaban J connectivity index is 3.39. The second kappa shape index (κ2) is 20.8. The minimum Gasteiger partial charge on any atom is -0.466 e. The zero-order chi connectivity index (χ0) is 23.3. The molecule has 0 radical (unpaired) electrons. The normalized spacial score (nSPS) is 12.4. The standard InChI is InChI=1S/C27H52O4/c1-23(2)15-13-21-30-26(28)18-12-10-8-6-7-9-11-17-25(5)19-20-27(29)31-22-14-16-24(3)4/h23-25H,6-22H2,1-5H3. The Hall–Kier alpha value is -1.06. The van der Waals surface area contributed by atoms with Gasteiger partial charge in [0, 0.05) is 12.8 Å². The van der Waals surface area contributed by atoms with Gasteiger partial charge in [0.25, 0.3) is 0 Å². The van der Waals surface area contributed by atoms with Crippen molar-refractivity contribution in [3.63, 3.8) is 0 Å². The highest BCUT2D eigenvalue weighted by molar-refractivity contribution is 5.69. The molecule has 0 heterocycles. The Bertz CT molecular complexity index is 431. The molecule has 0 aromatic rings. The van der Waals surface area contributed by atoms with E-state index >= 15 is 0 Å². The summed E-state index contributed by atoms with van der Waals surface area (Å²) in [7, 11) is 0. The molecule has 0 fully saturated rings. The molecule has 184 valence electrons. The summed E-state index contributed by atoms with van der Waals surface area (Å²) in [5, 5.41) is 0. The first-order valence-electron chi connectivity index (χ1n) is 13.1. The van der Waals surface area contributed by atoms with Crippen molar-refractivity contribution >= 4 is 11.9 Å². The van der Waals surface area contributed by atoms with Gasteiger partial charge in [-0.3, -0.25) is 9.59 Å². The number of hydrogen-bond acceptors (Lipinski definition) is 4. The Labute approximate surface area is 193 Å². The van der Waals surface area contributed by atoms with Crippen molar-refractivity contribution in [3.05, 3.63) is 0 Å². The van der Waals surface area contributed by atoms with Gasteiger partial charge in [-0.1, -0.05) is 79.6 Å². The van der Waals surface area contributed by atoms with Crippen molar-refractivity contribution in [3.8, 4) is 0 Å². The van der Waals surface area contributed by atoms with Gasteiger partial charge in [0.1, 0.15) is 0 Å². The number of ether oxygens (including phenoxy) is 2. The van der Waals surface area contributed by atoms with Crippen molar-refractivity contribution in [1.29, 1.82) is 0 Å². The second-order valence-electron chi connectivity index (χ2n) is 10.2. The third-order valence-corrected chi connectivity index (χ3v) is 5.80. The zero-order valence-corrected chi connectivity index (χ0v) is 21.4. The van der Waals surface area contributed by atoms with Crippen LogP contribution in [-0.2, 0) is 19.1 Å². The highest BCUT2D eigenvalue weighted by Crippen LogP contribution is 2.17. The van der Waals surface area contributed by atoms with Gasteiger partial charge in [-0.15, -0.1) is 0 Å². The van der Waals surface area contributed by atoms with Crippen molar-refractivity contribution in [1.82, 2.24) is 0 Å². The highest BCUT2D eigenvalue weighted by atomic mass is 16.5. The summed E-state index contributed by atoms with van der Waals surface area (Å²) in [5.41, 5.74) is 0. The Kier molecular flexibility index (Phi) is 20.1. The second-order valence-corrected chi connectivity index (χ2v) is 10.2. The van der Waals surface area contributed by atoms with E-state index in [0.29, 0.717) is 43.8 Å². The van der Waals surface area contributed by atoms with E-state index < -0.39 is 0 Å². The molecule has 0 aliphatic rings. The summed E-state index contributed by atoms with van der Waals surface area (Å²) in [6, 6.07) is 0. The van der Waals surface area contributed by atoms with Crippen LogP contribution in [0.1, 0.15) is 131 Å². The molecular formula is C27H52O4. The van der Waals surface area contributed by atoms with Crippen molar-refractivity contribution in [2.45, 2.75) is 131 Å². The molecule has 0 aromatic heterocycles. The van der Waals surface area contributed by atoms with Gasteiger partial charge in [0.2, 0.25) is 0 Å². The van der Waals surface area contributed by atoms with Crippen molar-refractivity contribution < 1.29 is 19.1 Å². The summed E-state index contributed by atoms with van der Waals surface area (Å²) in [5.74, 6) is 1.88. The summed E-state index contributed by atoms with van der Waals surface area (Å²) in [6.07, 6.45) is 15.8. The van der Waals surface area contributed by atoms with E-state index in [9.17, 15) is 9.59 Å². The van der Waals surface area contributed by atoms with Gasteiger partial charge in [-0.2, -0.15) is 0 Å². The van der Waals surface area contributed by atoms with Gasteiger partial charge in [-0.05, 0) is 56.3 Å². The monoisotopic (exact) mass is 440 g/mol. The molecule has 0 saturated heterocycles. The Morgan fingerprint density at radius 1 is 0.516 bits per heavy atom. The number of unbranched alkanes of at least 4 members (excludes halogenated alkanes) is 6. The first-order chi connectivity index (χ1) is 14.8. The lowest BCUT2D eigenvalue weighted by atomic mass is 9.97. The smallest absolute Gasteiger partial charge is 0.305 e. The number of hydrogen-bond donors (Lipinski definition) is 0. The number of rotatable bonds is 21. The van der Waals surface area contributed by atoms with Crippen LogP contribution in [0.5, 0.6) is 0 Å². The van der Waals surface area contributed by atoms with Crippen LogP contribution in [0.15, 0.2) is 0 Å². The van der Waals surface area contributed by atoms with E-state index in [-0.39, 0.29) is 11.9 Å². The predicted octanol–water partition coefficient (Wildman–Crippen LogP) is 7.87. The fourth-order valence-corrected chi connectivity index (χ4v) is 3.65. The van der Waals surface area contributed by atoms with Crippen LogP contribution >= 0.6 is 0 Å². The molecule has 0 aliphatic carbocycles. The molecule has 4 heteroatoms. The molecule has 1 atom stereocenters. The summed E-state index contributed by atoms with van der Waals surface area (Å²) in [6.45, 7) is 12.2. The molecule has 31 heavy (non-hydrogen) atoms. The maximum Gasteiger partial charge on any atom is 0.305 e. The predicted molar refractivity (Wildman–Crippen MR) is 130 cm³/mol. The van der Waals surface area contributed by atoms with Crippen LogP contribution in [0, 0.1) is 17.8 Å². The molecular weight excluding hydrogens is 388 g/mol. The first kappa shape index (κ1) is 29.9. The summed E-state index contributed by atoms with van der Waals surface area (Å²) in [4.78, 5) is 23.4. The average molecular weight is 441 g/mol. The maximum atomic E-state index is 11.8. The van der Waals surface area contributed by atoms with Crippen LogP contribution in [0.3, 0.4) is 0 Å². The van der Waals surface area contributed by atoms with E-state index in [2.05, 4.69) is 34.6 Å². The molecule has 0 amide bonds. The maximum absolute atomic E-state index is 11.8. The largest absolute Gasteiger partial charge is 0.466 e. The highest BCUT2D eigenvalue weighted by Gasteiger charge is 2.08. The van der Waals surface area contributed by atoms with Gasteiger partial charge >= 0.3 is 11.9 Å². The Morgan fingerprint density at radius 3 is 1.48 bits per heavy atom. The van der Waals surface area contributed by atoms with Crippen LogP contribution in [-0.4, -0.2) is 25.2 Å². The molecule has 0 rings (SSSR count). The molecule has 0 saturated carbocycles. The van der Waals surface area contributed by atoms with Crippen LogP contribution in [0.25, 0.3) is 0 Å². The fourth-order valence-electron chi connectivity index (χ4n) is 3.65. The van der Waals surface area contributed by atoms with Crippen LogP contribution < -0.4 is 0 Å². The van der Waals surface area contributed by atoms with Gasteiger partial charge in [-0.25, -0.2) is 0 Å². The van der Waals surface area contributed by atoms with E-state index in [1.165, 1.54) is 38.5 Å². The van der Waals surface area contributed by atoms with Crippen molar-refractivity contribution in [2.24, 2.45) is 17.8 Å². The van der Waals surface area contributed by atoms with Crippen LogP contribution in [0.2, 0.25) is 0 Å². The van der Waals surface area contributed by atoms with E-state index in [1.54, 1.807) is 0 Å². The molecule has 0 spiro atoms. The summed E-state index contributed by atoms with van der Waals surface area (Å²) < 4.78 is 10.6. The number of carbonyl (C=O) groups is 2. The molecule has 0 aliphatic heterocycles. The SMILES string of the molecule is CC(C)CCCOC(=O)CCCCCCCCCC(C)CCC(=O)OCCCC(C)C. The van der Waals surface area contributed by atoms with Gasteiger partial charge < -0.3 is 9.47 Å². The van der Waals surface area contributed by atoms with Gasteiger partial charge in [0.05, 0.1) is 13.2 Å². The molecule has 0 aromatic carbocycles. The summed E-state index contributed by atoms with van der Waals surface area (Å²) >= 11 is 0. The van der Waals surface area contributed by atoms with Crippen molar-refractivity contribution in [2.75, 3.05) is 13.2 Å². The lowest BCUT2D eigenvalue weighted by Gasteiger charge is -2.11. The third-order valence-electron chi connectivity index (χ3n) is 5.80. The minimum atomic E-state index is -0.0324. The fraction of sp³-hybridized carbons (Fsp3) is 0.926. The van der Waals surface area contributed by atoms with E-state index in [1.807, 2.05) is 0 Å². The average Bonchev–Trinajstić information content (AvgIpc) is 2.71. The van der Waals surface area contributed by atoms with Gasteiger partial charge in [0.15, 0.2) is 0 Å². The Morgan fingerprint density at radius 2 is 0.968 bits per heavy atom. The number of esters is 2. The topological polar surface area (TPSA) is 52.6 Å². The third kappa shape index (κ3) is 23.4. The molecule has 0 N–H and O–H groups in total. The first-order valence-corrected chi connectivity index (χ1v) is 13.1. The lowest BCUT2D eigenvalue weighted by molar-refractivity contribution is -0.145.